The smallest absolute Gasteiger partial charge is 0.446 e. The zero-order chi connectivity index (χ0) is 22.4. The van der Waals surface area contributed by atoms with Gasteiger partial charge in [0, 0.05) is 6.61 Å². The number of hydrogen-bond donors (Lipinski definition) is 5. The van der Waals surface area contributed by atoms with Gasteiger partial charge in [0.25, 0.3) is 5.79 Å². The van der Waals surface area contributed by atoms with E-state index in [1.165, 1.54) is 25.6 Å². The van der Waals surface area contributed by atoms with Gasteiger partial charge in [-0.1, -0.05) is 0 Å². The van der Waals surface area contributed by atoms with Crippen LogP contribution in [0.2, 0.25) is 0 Å². The van der Waals surface area contributed by atoms with Crippen molar-refractivity contribution in [3.8, 4) is 11.5 Å². The van der Waals surface area contributed by atoms with Crippen LogP contribution in [0.3, 0.4) is 0 Å². The van der Waals surface area contributed by atoms with Crippen LogP contribution in [0.1, 0.15) is 12.0 Å². The normalized spacial score (nSPS) is 17.0. The number of hydrogen-bond acceptors (Lipinski definition) is 12. The molecule has 1 amide bonds. The van der Waals surface area contributed by atoms with Gasteiger partial charge in [-0.2, -0.15) is 4.89 Å². The van der Waals surface area contributed by atoms with Crippen molar-refractivity contribution < 1.29 is 59.0 Å². The molecule has 0 aromatic heterocycles. The summed E-state index contributed by atoms with van der Waals surface area (Å²) in [4.78, 5) is 20.2. The van der Waals surface area contributed by atoms with Crippen molar-refractivity contribution in [1.29, 1.82) is 0 Å². The van der Waals surface area contributed by atoms with E-state index in [2.05, 4.69) is 30.7 Å². The maximum absolute atomic E-state index is 11.7. The van der Waals surface area contributed by atoms with E-state index >= 15 is 0 Å². The van der Waals surface area contributed by atoms with Crippen LogP contribution in [-0.4, -0.2) is 72.8 Å². The molecule has 1 unspecified atom stereocenters. The van der Waals surface area contributed by atoms with Crippen LogP contribution in [0.4, 0.5) is 4.79 Å². The highest BCUT2D eigenvalue weighted by molar-refractivity contribution is 9.10. The number of rotatable bonds is 10. The molecular weight excluding hydrogens is 478 g/mol. The van der Waals surface area contributed by atoms with Crippen molar-refractivity contribution in [2.75, 3.05) is 34.2 Å². The molecule has 14 heteroatoms. The monoisotopic (exact) mass is 499 g/mol. The Morgan fingerprint density at radius 1 is 1.23 bits per heavy atom. The molecule has 0 radical (unpaired) electrons. The van der Waals surface area contributed by atoms with Gasteiger partial charge in [0.2, 0.25) is 0 Å². The number of aliphatic hydroxyl groups is 4. The summed E-state index contributed by atoms with van der Waals surface area (Å²) in [5, 5.41) is 46.3. The first-order chi connectivity index (χ1) is 14.1. The first-order valence-corrected chi connectivity index (χ1v) is 9.20. The van der Waals surface area contributed by atoms with Crippen LogP contribution < -0.4 is 14.8 Å². The third-order valence-corrected chi connectivity index (χ3v) is 4.63. The average molecular weight is 500 g/mol. The molecule has 1 saturated heterocycles. The summed E-state index contributed by atoms with van der Waals surface area (Å²) in [6, 6.07) is 2.34. The second-order valence-corrected chi connectivity index (χ2v) is 6.84. The zero-order valence-corrected chi connectivity index (χ0v) is 17.6. The molecule has 13 nitrogen and oxygen atoms in total. The molecule has 1 fully saturated rings. The average Bonchev–Trinajstić information content (AvgIpc) is 3.20. The number of amides is 1. The SMILES string of the molecule is COc1cc(C(O)(O)C(O)(O)NC(=O)OOOCOC2CCOC2)c(OC)cc1Br. The largest absolute Gasteiger partial charge is 0.496 e. The quantitative estimate of drug-likeness (QED) is 0.122. The Kier molecular flexibility index (Phi) is 8.60. The number of benzene rings is 1. The summed E-state index contributed by atoms with van der Waals surface area (Å²) in [5.41, 5.74) is -0.542. The number of ether oxygens (including phenoxy) is 4. The van der Waals surface area contributed by atoms with Crippen LogP contribution in [0, 0.1) is 0 Å². The van der Waals surface area contributed by atoms with Gasteiger partial charge in [0.05, 0.1) is 37.0 Å². The van der Waals surface area contributed by atoms with Gasteiger partial charge >= 0.3 is 12.0 Å². The molecule has 30 heavy (non-hydrogen) atoms. The Morgan fingerprint density at radius 3 is 2.53 bits per heavy atom. The fraction of sp³-hybridized carbons (Fsp3) is 0.562. The Bertz CT molecular complexity index is 722. The molecule has 1 aromatic carbocycles. The van der Waals surface area contributed by atoms with Crippen LogP contribution in [0.15, 0.2) is 16.6 Å². The van der Waals surface area contributed by atoms with Gasteiger partial charge < -0.3 is 39.4 Å². The lowest BCUT2D eigenvalue weighted by Gasteiger charge is -2.35. The predicted octanol–water partition coefficient (Wildman–Crippen LogP) is -0.405. The van der Waals surface area contributed by atoms with Gasteiger partial charge in [-0.25, -0.2) is 9.68 Å². The van der Waals surface area contributed by atoms with E-state index < -0.39 is 30.1 Å². The molecule has 0 saturated carbocycles. The van der Waals surface area contributed by atoms with Gasteiger partial charge in [0.15, 0.2) is 6.79 Å². The van der Waals surface area contributed by atoms with Crippen molar-refractivity contribution in [1.82, 2.24) is 5.32 Å². The lowest BCUT2D eigenvalue weighted by molar-refractivity contribution is -0.502. The number of carbonyl (C=O) groups is 1. The van der Waals surface area contributed by atoms with Crippen molar-refractivity contribution in [2.45, 2.75) is 24.2 Å². The Hall–Kier alpha value is -1.75. The van der Waals surface area contributed by atoms with E-state index in [0.717, 1.165) is 6.07 Å². The molecule has 0 bridgehead atoms. The van der Waals surface area contributed by atoms with Crippen molar-refractivity contribution in [3.05, 3.63) is 22.2 Å². The molecule has 2 rings (SSSR count). The van der Waals surface area contributed by atoms with E-state index in [1.807, 2.05) is 0 Å². The van der Waals surface area contributed by atoms with Crippen LogP contribution in [0.25, 0.3) is 0 Å². The minimum atomic E-state index is -3.66. The standard InChI is InChI=1S/C16H22BrNO12/c1-24-12-6-11(17)13(25-2)5-10(12)15(20,21)16(22,23)18-14(19)29-30-28-8-27-9-3-4-26-7-9/h5-6,9,20-23H,3-4,7-8H2,1-2H3,(H,18,19). The Balaban J connectivity index is 1.96. The third kappa shape index (κ3) is 5.90. The summed E-state index contributed by atoms with van der Waals surface area (Å²) in [7, 11) is 2.51. The Labute approximate surface area is 178 Å². The minimum absolute atomic E-state index is 0.112. The zero-order valence-electron chi connectivity index (χ0n) is 16.0. The lowest BCUT2D eigenvalue weighted by Crippen LogP contribution is -2.63. The number of methoxy groups -OCH3 is 2. The molecule has 1 heterocycles. The van der Waals surface area contributed by atoms with Crippen molar-refractivity contribution in [3.63, 3.8) is 0 Å². The van der Waals surface area contributed by atoms with E-state index in [1.54, 1.807) is 0 Å². The fourth-order valence-corrected chi connectivity index (χ4v) is 2.90. The van der Waals surface area contributed by atoms with Crippen molar-refractivity contribution in [2.24, 2.45) is 0 Å². The van der Waals surface area contributed by atoms with Gasteiger partial charge in [-0.15, -0.1) is 0 Å². The van der Waals surface area contributed by atoms with Crippen LogP contribution >= 0.6 is 15.9 Å². The van der Waals surface area contributed by atoms with Crippen LogP contribution in [0.5, 0.6) is 11.5 Å². The first kappa shape index (κ1) is 24.5. The number of halogens is 1. The lowest BCUT2D eigenvalue weighted by atomic mass is 10.0. The Morgan fingerprint density at radius 2 is 1.93 bits per heavy atom. The number of carbonyl (C=O) groups excluding carboxylic acids is 1. The molecule has 1 atom stereocenters. The molecule has 1 aromatic rings. The highest BCUT2D eigenvalue weighted by Crippen LogP contribution is 2.40. The summed E-state index contributed by atoms with van der Waals surface area (Å²) in [5.74, 6) is -7.18. The fourth-order valence-electron chi connectivity index (χ4n) is 2.41. The maximum atomic E-state index is 11.7. The van der Waals surface area contributed by atoms with Gasteiger partial charge in [0.1, 0.15) is 11.5 Å². The summed E-state index contributed by atoms with van der Waals surface area (Å²) < 4.78 is 20.7. The van der Waals surface area contributed by atoms with Gasteiger partial charge in [-0.05, 0) is 39.5 Å². The van der Waals surface area contributed by atoms with E-state index in [9.17, 15) is 25.2 Å². The highest BCUT2D eigenvalue weighted by atomic mass is 79.9. The summed E-state index contributed by atoms with van der Waals surface area (Å²) in [6.07, 6.45) is -1.14. The molecule has 1 aliphatic heterocycles. The maximum Gasteiger partial charge on any atom is 0.446 e. The minimum Gasteiger partial charge on any atom is -0.496 e. The van der Waals surface area contributed by atoms with Crippen molar-refractivity contribution >= 4 is 22.0 Å². The third-order valence-electron chi connectivity index (χ3n) is 4.01. The van der Waals surface area contributed by atoms with E-state index in [4.69, 9.17) is 18.9 Å². The van der Waals surface area contributed by atoms with E-state index in [0.29, 0.717) is 24.1 Å². The first-order valence-electron chi connectivity index (χ1n) is 8.41. The topological polar surface area (TPSA) is 175 Å². The number of nitrogens with one attached hydrogen (secondary N) is 1. The van der Waals surface area contributed by atoms with E-state index in [-0.39, 0.29) is 17.6 Å². The van der Waals surface area contributed by atoms with Gasteiger partial charge in [-0.3, -0.25) is 5.32 Å². The summed E-state index contributed by atoms with van der Waals surface area (Å²) >= 11 is 3.17. The highest BCUT2D eigenvalue weighted by Gasteiger charge is 2.53. The summed E-state index contributed by atoms with van der Waals surface area (Å²) in [6.45, 7) is 0.546. The molecule has 170 valence electrons. The molecule has 5 N–H and O–H groups in total. The molecule has 0 aliphatic carbocycles. The second-order valence-electron chi connectivity index (χ2n) is 5.98. The molecule has 0 spiro atoms. The molecule has 1 aliphatic rings. The second kappa shape index (κ2) is 10.5. The van der Waals surface area contributed by atoms with Crippen LogP contribution in [-0.2, 0) is 30.1 Å². The predicted molar refractivity (Wildman–Crippen MR) is 97.5 cm³/mol. The molecular formula is C16H22BrNO12.